The number of hydrogen-bond donors (Lipinski definition) is 0. The SMILES string of the molecule is CCCCCCCCCCCCOC(=O)C(C)SC1CCCCC1. The van der Waals surface area contributed by atoms with Gasteiger partial charge >= 0.3 is 5.97 Å². The second-order valence-electron chi connectivity index (χ2n) is 7.39. The molecule has 2 nitrogen and oxygen atoms in total. The lowest BCUT2D eigenvalue weighted by Crippen LogP contribution is -2.22. The van der Waals surface area contributed by atoms with Crippen LogP contribution in [0.4, 0.5) is 0 Å². The minimum Gasteiger partial charge on any atom is -0.465 e. The van der Waals surface area contributed by atoms with Crippen molar-refractivity contribution in [3.8, 4) is 0 Å². The van der Waals surface area contributed by atoms with E-state index in [1.165, 1.54) is 89.9 Å². The average Bonchev–Trinajstić information content (AvgIpc) is 2.60. The molecule has 1 aliphatic rings. The van der Waals surface area contributed by atoms with Gasteiger partial charge in [-0.2, -0.15) is 0 Å². The summed E-state index contributed by atoms with van der Waals surface area (Å²) in [5, 5.41) is 0.690. The molecule has 0 aromatic heterocycles. The van der Waals surface area contributed by atoms with E-state index in [9.17, 15) is 4.79 Å². The number of rotatable bonds is 14. The van der Waals surface area contributed by atoms with Crippen molar-refractivity contribution in [2.75, 3.05) is 6.61 Å². The number of carbonyl (C=O) groups is 1. The Morgan fingerprint density at radius 1 is 0.917 bits per heavy atom. The lowest BCUT2D eigenvalue weighted by Gasteiger charge is -2.23. The standard InChI is InChI=1S/C21H40O2S/c1-3-4-5-6-7-8-9-10-11-15-18-23-21(22)19(2)24-20-16-13-12-14-17-20/h19-20H,3-18H2,1-2H3. The molecule has 0 heterocycles. The normalized spacial score (nSPS) is 16.9. The minimum absolute atomic E-state index is 0.00139. The lowest BCUT2D eigenvalue weighted by molar-refractivity contribution is -0.142. The molecule has 0 bridgehead atoms. The highest BCUT2D eigenvalue weighted by Gasteiger charge is 2.22. The van der Waals surface area contributed by atoms with Gasteiger partial charge in [0.2, 0.25) is 0 Å². The summed E-state index contributed by atoms with van der Waals surface area (Å²) in [5.74, 6) is 0.00139. The van der Waals surface area contributed by atoms with Gasteiger partial charge in [0.25, 0.3) is 0 Å². The van der Waals surface area contributed by atoms with Crippen LogP contribution >= 0.6 is 11.8 Å². The third kappa shape index (κ3) is 11.4. The number of hydrogen-bond acceptors (Lipinski definition) is 3. The zero-order valence-corrected chi connectivity index (χ0v) is 17.0. The molecule has 0 aliphatic heterocycles. The summed E-state index contributed by atoms with van der Waals surface area (Å²) in [5.41, 5.74) is 0. The van der Waals surface area contributed by atoms with Gasteiger partial charge in [0.1, 0.15) is 0 Å². The van der Waals surface area contributed by atoms with Crippen LogP contribution in [-0.4, -0.2) is 23.1 Å². The van der Waals surface area contributed by atoms with Gasteiger partial charge in [0.15, 0.2) is 0 Å². The molecule has 1 fully saturated rings. The van der Waals surface area contributed by atoms with E-state index in [0.717, 1.165) is 6.42 Å². The summed E-state index contributed by atoms with van der Waals surface area (Å²) in [6, 6.07) is 0. The molecule has 1 aliphatic carbocycles. The molecule has 142 valence electrons. The molecule has 0 saturated heterocycles. The molecule has 3 heteroatoms. The highest BCUT2D eigenvalue weighted by atomic mass is 32.2. The lowest BCUT2D eigenvalue weighted by atomic mass is 10.0. The average molecular weight is 357 g/mol. The van der Waals surface area contributed by atoms with Crippen molar-refractivity contribution in [2.24, 2.45) is 0 Å². The Bertz CT molecular complexity index is 300. The van der Waals surface area contributed by atoms with Crippen molar-refractivity contribution in [1.82, 2.24) is 0 Å². The van der Waals surface area contributed by atoms with E-state index in [2.05, 4.69) is 6.92 Å². The number of esters is 1. The molecule has 0 radical (unpaired) electrons. The van der Waals surface area contributed by atoms with Crippen LogP contribution in [0, 0.1) is 0 Å². The summed E-state index contributed by atoms with van der Waals surface area (Å²) in [6.45, 7) is 4.90. The Hall–Kier alpha value is -0.180. The molecule has 0 amide bonds. The van der Waals surface area contributed by atoms with Crippen molar-refractivity contribution in [2.45, 2.75) is 121 Å². The first-order valence-electron chi connectivity index (χ1n) is 10.6. The van der Waals surface area contributed by atoms with Crippen LogP contribution in [-0.2, 0) is 9.53 Å². The number of ether oxygens (including phenoxy) is 1. The van der Waals surface area contributed by atoms with Gasteiger partial charge in [-0.1, -0.05) is 84.0 Å². The highest BCUT2D eigenvalue weighted by molar-refractivity contribution is 8.01. The van der Waals surface area contributed by atoms with Crippen LogP contribution in [0.15, 0.2) is 0 Å². The summed E-state index contributed by atoms with van der Waals surface area (Å²) < 4.78 is 5.46. The summed E-state index contributed by atoms with van der Waals surface area (Å²) in [6.07, 6.45) is 19.8. The van der Waals surface area contributed by atoms with Crippen molar-refractivity contribution in [3.05, 3.63) is 0 Å². The van der Waals surface area contributed by atoms with Crippen molar-refractivity contribution < 1.29 is 9.53 Å². The maximum absolute atomic E-state index is 12.0. The van der Waals surface area contributed by atoms with Crippen LogP contribution in [0.5, 0.6) is 0 Å². The third-order valence-corrected chi connectivity index (χ3v) is 6.48. The molecular formula is C21H40O2S. The van der Waals surface area contributed by atoms with E-state index in [1.807, 2.05) is 18.7 Å². The largest absolute Gasteiger partial charge is 0.465 e. The number of unbranched alkanes of at least 4 members (excludes halogenated alkanes) is 9. The van der Waals surface area contributed by atoms with Gasteiger partial charge in [-0.25, -0.2) is 0 Å². The van der Waals surface area contributed by atoms with Crippen molar-refractivity contribution in [3.63, 3.8) is 0 Å². The van der Waals surface area contributed by atoms with Crippen LogP contribution in [0.3, 0.4) is 0 Å². The van der Waals surface area contributed by atoms with Gasteiger partial charge in [0.05, 0.1) is 11.9 Å². The first kappa shape index (κ1) is 21.9. The molecule has 0 N–H and O–H groups in total. The van der Waals surface area contributed by atoms with E-state index in [4.69, 9.17) is 4.74 Å². The fraction of sp³-hybridized carbons (Fsp3) is 0.952. The first-order valence-corrected chi connectivity index (χ1v) is 11.5. The second-order valence-corrected chi connectivity index (χ2v) is 9.03. The van der Waals surface area contributed by atoms with Gasteiger partial charge in [-0.05, 0) is 26.2 Å². The zero-order chi connectivity index (χ0) is 17.5. The monoisotopic (exact) mass is 356 g/mol. The summed E-state index contributed by atoms with van der Waals surface area (Å²) >= 11 is 1.84. The van der Waals surface area contributed by atoms with E-state index in [0.29, 0.717) is 11.9 Å². The Morgan fingerprint density at radius 2 is 1.46 bits per heavy atom. The summed E-state index contributed by atoms with van der Waals surface area (Å²) in [7, 11) is 0. The molecular weight excluding hydrogens is 316 g/mol. The minimum atomic E-state index is 0.00139. The third-order valence-electron chi connectivity index (χ3n) is 5.02. The maximum Gasteiger partial charge on any atom is 0.318 e. The van der Waals surface area contributed by atoms with Crippen LogP contribution in [0.25, 0.3) is 0 Å². The highest BCUT2D eigenvalue weighted by Crippen LogP contribution is 2.31. The predicted octanol–water partition coefficient (Wildman–Crippen LogP) is 6.90. The van der Waals surface area contributed by atoms with Crippen LogP contribution in [0.2, 0.25) is 0 Å². The predicted molar refractivity (Wildman–Crippen MR) is 107 cm³/mol. The Balaban J connectivity index is 1.88. The molecule has 0 spiro atoms. The Labute approximate surface area is 154 Å². The van der Waals surface area contributed by atoms with Crippen molar-refractivity contribution >= 4 is 17.7 Å². The fourth-order valence-corrected chi connectivity index (χ4v) is 4.79. The molecule has 0 aromatic rings. The second kappa shape index (κ2) is 15.1. The molecule has 24 heavy (non-hydrogen) atoms. The first-order chi connectivity index (χ1) is 11.7. The van der Waals surface area contributed by atoms with E-state index >= 15 is 0 Å². The smallest absolute Gasteiger partial charge is 0.318 e. The molecule has 1 atom stereocenters. The molecule has 1 rings (SSSR count). The van der Waals surface area contributed by atoms with Crippen LogP contribution < -0.4 is 0 Å². The summed E-state index contributed by atoms with van der Waals surface area (Å²) in [4.78, 5) is 12.0. The number of thioether (sulfide) groups is 1. The quantitative estimate of drug-likeness (QED) is 0.250. The van der Waals surface area contributed by atoms with Crippen LogP contribution in [0.1, 0.15) is 110 Å². The maximum atomic E-state index is 12.0. The van der Waals surface area contributed by atoms with Gasteiger partial charge < -0.3 is 4.74 Å². The van der Waals surface area contributed by atoms with Crippen molar-refractivity contribution in [1.29, 1.82) is 0 Å². The van der Waals surface area contributed by atoms with E-state index in [1.54, 1.807) is 0 Å². The van der Waals surface area contributed by atoms with Gasteiger partial charge in [-0.3, -0.25) is 4.79 Å². The number of carbonyl (C=O) groups excluding carboxylic acids is 1. The molecule has 1 saturated carbocycles. The van der Waals surface area contributed by atoms with E-state index in [-0.39, 0.29) is 11.2 Å². The Morgan fingerprint density at radius 3 is 2.04 bits per heavy atom. The van der Waals surface area contributed by atoms with Gasteiger partial charge in [0, 0.05) is 5.25 Å². The zero-order valence-electron chi connectivity index (χ0n) is 16.2. The Kier molecular flexibility index (Phi) is 13.8. The topological polar surface area (TPSA) is 26.3 Å². The molecule has 1 unspecified atom stereocenters. The van der Waals surface area contributed by atoms with Gasteiger partial charge in [-0.15, -0.1) is 11.8 Å². The van der Waals surface area contributed by atoms with E-state index < -0.39 is 0 Å². The fourth-order valence-electron chi connectivity index (χ4n) is 3.43. The molecule has 0 aromatic carbocycles.